The van der Waals surface area contributed by atoms with Crippen molar-refractivity contribution in [3.63, 3.8) is 0 Å². The SMILES string of the molecule is Cc1cnccc1NCCCO. The zero-order chi connectivity index (χ0) is 8.81. The van der Waals surface area contributed by atoms with E-state index in [9.17, 15) is 0 Å². The lowest BCUT2D eigenvalue weighted by molar-refractivity contribution is 0.292. The fourth-order valence-electron chi connectivity index (χ4n) is 0.974. The van der Waals surface area contributed by atoms with Gasteiger partial charge in [0.05, 0.1) is 0 Å². The van der Waals surface area contributed by atoms with Crippen LogP contribution in [0, 0.1) is 6.92 Å². The quantitative estimate of drug-likeness (QED) is 0.660. The van der Waals surface area contributed by atoms with Gasteiger partial charge in [-0.15, -0.1) is 0 Å². The summed E-state index contributed by atoms with van der Waals surface area (Å²) in [5.41, 5.74) is 2.23. The topological polar surface area (TPSA) is 45.2 Å². The van der Waals surface area contributed by atoms with E-state index >= 15 is 0 Å². The standard InChI is InChI=1S/C9H14N2O/c1-8-7-10-5-3-9(8)11-4-2-6-12/h3,5,7,12H,2,4,6H2,1H3,(H,10,11). The van der Waals surface area contributed by atoms with Crippen LogP contribution in [0.25, 0.3) is 0 Å². The number of aliphatic hydroxyl groups is 1. The van der Waals surface area contributed by atoms with Crippen molar-refractivity contribution in [2.45, 2.75) is 13.3 Å². The lowest BCUT2D eigenvalue weighted by Gasteiger charge is -2.06. The Hall–Kier alpha value is -1.09. The predicted molar refractivity (Wildman–Crippen MR) is 49.2 cm³/mol. The van der Waals surface area contributed by atoms with Gasteiger partial charge < -0.3 is 10.4 Å². The molecule has 0 amide bonds. The van der Waals surface area contributed by atoms with Gasteiger partial charge in [0.1, 0.15) is 0 Å². The molecule has 0 aliphatic heterocycles. The van der Waals surface area contributed by atoms with E-state index in [1.165, 1.54) is 0 Å². The maximum atomic E-state index is 8.56. The molecular formula is C9H14N2O. The van der Waals surface area contributed by atoms with E-state index in [2.05, 4.69) is 10.3 Å². The fourth-order valence-corrected chi connectivity index (χ4v) is 0.974. The Bertz CT molecular complexity index is 238. The Kier molecular flexibility index (Phi) is 3.54. The molecule has 3 nitrogen and oxygen atoms in total. The summed E-state index contributed by atoms with van der Waals surface area (Å²) in [7, 11) is 0. The van der Waals surface area contributed by atoms with Crippen LogP contribution in [0.15, 0.2) is 18.5 Å². The number of nitrogens with one attached hydrogen (secondary N) is 1. The van der Waals surface area contributed by atoms with Crippen molar-refractivity contribution in [2.75, 3.05) is 18.5 Å². The smallest absolute Gasteiger partial charge is 0.0447 e. The van der Waals surface area contributed by atoms with Crippen LogP contribution in [0.4, 0.5) is 5.69 Å². The number of hydrogen-bond acceptors (Lipinski definition) is 3. The van der Waals surface area contributed by atoms with Crippen molar-refractivity contribution in [1.29, 1.82) is 0 Å². The van der Waals surface area contributed by atoms with Crippen molar-refractivity contribution in [2.24, 2.45) is 0 Å². The van der Waals surface area contributed by atoms with Gasteiger partial charge in [0.25, 0.3) is 0 Å². The van der Waals surface area contributed by atoms with Gasteiger partial charge in [-0.3, -0.25) is 4.98 Å². The van der Waals surface area contributed by atoms with E-state index in [1.807, 2.05) is 19.2 Å². The summed E-state index contributed by atoms with van der Waals surface area (Å²) < 4.78 is 0. The molecule has 0 fully saturated rings. The van der Waals surface area contributed by atoms with E-state index in [0.717, 1.165) is 24.2 Å². The highest BCUT2D eigenvalue weighted by Gasteiger charge is 1.94. The largest absolute Gasteiger partial charge is 0.396 e. The first-order valence-corrected chi connectivity index (χ1v) is 4.10. The van der Waals surface area contributed by atoms with Gasteiger partial charge in [-0.05, 0) is 25.0 Å². The second-order valence-corrected chi connectivity index (χ2v) is 2.69. The van der Waals surface area contributed by atoms with Gasteiger partial charge in [0, 0.05) is 31.2 Å². The normalized spacial score (nSPS) is 9.83. The summed E-state index contributed by atoms with van der Waals surface area (Å²) in [5.74, 6) is 0. The number of hydrogen-bond donors (Lipinski definition) is 2. The first kappa shape index (κ1) is 9.00. The Balaban J connectivity index is 2.46. The van der Waals surface area contributed by atoms with Crippen molar-refractivity contribution in [1.82, 2.24) is 4.98 Å². The van der Waals surface area contributed by atoms with Crippen LogP contribution in [-0.2, 0) is 0 Å². The summed E-state index contributed by atoms with van der Waals surface area (Å²) in [4.78, 5) is 3.98. The molecule has 2 N–H and O–H groups in total. The van der Waals surface area contributed by atoms with E-state index in [-0.39, 0.29) is 6.61 Å². The molecule has 0 radical (unpaired) electrons. The minimum atomic E-state index is 0.233. The molecule has 12 heavy (non-hydrogen) atoms. The second kappa shape index (κ2) is 4.72. The zero-order valence-corrected chi connectivity index (χ0v) is 7.25. The van der Waals surface area contributed by atoms with Crippen molar-refractivity contribution >= 4 is 5.69 Å². The molecule has 0 spiro atoms. The molecule has 0 aliphatic rings. The molecule has 1 rings (SSSR count). The molecule has 0 saturated carbocycles. The molecule has 1 heterocycles. The third-order valence-corrected chi connectivity index (χ3v) is 1.67. The highest BCUT2D eigenvalue weighted by molar-refractivity contribution is 5.48. The highest BCUT2D eigenvalue weighted by atomic mass is 16.3. The molecule has 66 valence electrons. The molecule has 0 bridgehead atoms. The zero-order valence-electron chi connectivity index (χ0n) is 7.25. The molecule has 0 atom stereocenters. The minimum absolute atomic E-state index is 0.233. The lowest BCUT2D eigenvalue weighted by atomic mass is 10.2. The Morgan fingerprint density at radius 1 is 1.58 bits per heavy atom. The van der Waals surface area contributed by atoms with Gasteiger partial charge >= 0.3 is 0 Å². The molecular weight excluding hydrogens is 152 g/mol. The van der Waals surface area contributed by atoms with Crippen LogP contribution in [0.5, 0.6) is 0 Å². The molecule has 0 aliphatic carbocycles. The summed E-state index contributed by atoms with van der Waals surface area (Å²) in [5, 5.41) is 11.8. The van der Waals surface area contributed by atoms with Gasteiger partial charge in [-0.2, -0.15) is 0 Å². The van der Waals surface area contributed by atoms with E-state index in [0.29, 0.717) is 0 Å². The number of aliphatic hydroxyl groups excluding tert-OH is 1. The number of anilines is 1. The minimum Gasteiger partial charge on any atom is -0.396 e. The summed E-state index contributed by atoms with van der Waals surface area (Å²) >= 11 is 0. The third-order valence-electron chi connectivity index (χ3n) is 1.67. The Morgan fingerprint density at radius 3 is 3.08 bits per heavy atom. The maximum absolute atomic E-state index is 8.56. The van der Waals surface area contributed by atoms with Gasteiger partial charge in [-0.1, -0.05) is 0 Å². The van der Waals surface area contributed by atoms with Crippen LogP contribution in [0.3, 0.4) is 0 Å². The predicted octanol–water partition coefficient (Wildman–Crippen LogP) is 1.18. The molecule has 0 saturated heterocycles. The number of aromatic nitrogens is 1. The van der Waals surface area contributed by atoms with Crippen molar-refractivity contribution in [3.05, 3.63) is 24.0 Å². The summed E-state index contributed by atoms with van der Waals surface area (Å²) in [6.07, 6.45) is 4.36. The molecule has 0 unspecified atom stereocenters. The number of pyridine rings is 1. The van der Waals surface area contributed by atoms with Crippen LogP contribution >= 0.6 is 0 Å². The lowest BCUT2D eigenvalue weighted by Crippen LogP contribution is -2.04. The van der Waals surface area contributed by atoms with Crippen LogP contribution in [0.1, 0.15) is 12.0 Å². The third kappa shape index (κ3) is 2.51. The number of rotatable bonds is 4. The van der Waals surface area contributed by atoms with E-state index in [4.69, 9.17) is 5.11 Å². The average Bonchev–Trinajstić information content (AvgIpc) is 2.09. The number of aryl methyl sites for hydroxylation is 1. The fraction of sp³-hybridized carbons (Fsp3) is 0.444. The van der Waals surface area contributed by atoms with Gasteiger partial charge in [0.2, 0.25) is 0 Å². The molecule has 1 aromatic heterocycles. The maximum Gasteiger partial charge on any atom is 0.0447 e. The van der Waals surface area contributed by atoms with Crippen LogP contribution < -0.4 is 5.32 Å². The molecule has 1 aromatic rings. The Labute approximate surface area is 72.5 Å². The average molecular weight is 166 g/mol. The van der Waals surface area contributed by atoms with Crippen molar-refractivity contribution < 1.29 is 5.11 Å². The van der Waals surface area contributed by atoms with Crippen LogP contribution in [-0.4, -0.2) is 23.2 Å². The Morgan fingerprint density at radius 2 is 2.42 bits per heavy atom. The highest BCUT2D eigenvalue weighted by Crippen LogP contribution is 2.10. The van der Waals surface area contributed by atoms with Gasteiger partial charge in [0.15, 0.2) is 0 Å². The van der Waals surface area contributed by atoms with Gasteiger partial charge in [-0.25, -0.2) is 0 Å². The molecule has 0 aromatic carbocycles. The van der Waals surface area contributed by atoms with Crippen molar-refractivity contribution in [3.8, 4) is 0 Å². The first-order chi connectivity index (χ1) is 5.84. The van der Waals surface area contributed by atoms with E-state index < -0.39 is 0 Å². The monoisotopic (exact) mass is 166 g/mol. The van der Waals surface area contributed by atoms with E-state index in [1.54, 1.807) is 6.20 Å². The molecule has 3 heteroatoms. The first-order valence-electron chi connectivity index (χ1n) is 4.10. The summed E-state index contributed by atoms with van der Waals surface area (Å²) in [6, 6.07) is 1.94. The summed E-state index contributed by atoms with van der Waals surface area (Å²) in [6.45, 7) is 3.05. The number of nitrogens with zero attached hydrogens (tertiary/aromatic N) is 1. The second-order valence-electron chi connectivity index (χ2n) is 2.69. The van der Waals surface area contributed by atoms with Crippen LogP contribution in [0.2, 0.25) is 0 Å².